The van der Waals surface area contributed by atoms with Crippen LogP contribution in [0.2, 0.25) is 0 Å². The van der Waals surface area contributed by atoms with Gasteiger partial charge in [0, 0.05) is 17.5 Å². The van der Waals surface area contributed by atoms with E-state index >= 15 is 0 Å². The predicted molar refractivity (Wildman–Crippen MR) is 78.4 cm³/mol. The maximum Gasteiger partial charge on any atom is 0.339 e. The number of carbonyl (C=O) groups excluding carboxylic acids is 1. The van der Waals surface area contributed by atoms with Crippen molar-refractivity contribution in [2.75, 3.05) is 5.88 Å². The van der Waals surface area contributed by atoms with Crippen LogP contribution in [0.4, 0.5) is 5.69 Å². The minimum atomic E-state index is -1.36. The van der Waals surface area contributed by atoms with E-state index in [0.29, 0.717) is 11.1 Å². The highest BCUT2D eigenvalue weighted by Gasteiger charge is 2.23. The summed E-state index contributed by atoms with van der Waals surface area (Å²) in [5, 5.41) is 20.2. The molecule has 112 valence electrons. The van der Waals surface area contributed by atoms with Gasteiger partial charge in [-0.15, -0.1) is 11.6 Å². The summed E-state index contributed by atoms with van der Waals surface area (Å²) in [4.78, 5) is 33.2. The number of hydrogen-bond donors (Lipinski definition) is 1. The van der Waals surface area contributed by atoms with Gasteiger partial charge in [-0.1, -0.05) is 12.1 Å². The van der Waals surface area contributed by atoms with Gasteiger partial charge in [-0.05, 0) is 31.4 Å². The number of carboxylic acids is 1. The smallest absolute Gasteiger partial charge is 0.339 e. The lowest BCUT2D eigenvalue weighted by molar-refractivity contribution is -0.385. The predicted octanol–water partition coefficient (Wildman–Crippen LogP) is 2.82. The van der Waals surface area contributed by atoms with Gasteiger partial charge in [-0.2, -0.15) is 0 Å². The third-order valence-electron chi connectivity index (χ3n) is 3.04. The van der Waals surface area contributed by atoms with Gasteiger partial charge in [0.1, 0.15) is 5.57 Å². The highest BCUT2D eigenvalue weighted by atomic mass is 35.5. The van der Waals surface area contributed by atoms with E-state index in [1.165, 1.54) is 19.1 Å². The Kier molecular flexibility index (Phi) is 5.60. The van der Waals surface area contributed by atoms with E-state index in [4.69, 9.17) is 16.7 Å². The molecule has 0 aromatic heterocycles. The lowest BCUT2D eigenvalue weighted by Crippen LogP contribution is -2.12. The zero-order valence-electron chi connectivity index (χ0n) is 11.6. The van der Waals surface area contributed by atoms with Crippen LogP contribution in [-0.2, 0) is 16.0 Å². The highest BCUT2D eigenvalue weighted by molar-refractivity contribution is 6.21. The van der Waals surface area contributed by atoms with Gasteiger partial charge >= 0.3 is 5.97 Å². The SMILES string of the molecule is CC(=O)C(C(=O)O)=C(C)c1cccc([N+](=O)[O-])c1CCCl. The fourth-order valence-corrected chi connectivity index (χ4v) is 2.35. The lowest BCUT2D eigenvalue weighted by atomic mass is 9.93. The number of carbonyl (C=O) groups is 2. The Morgan fingerprint density at radius 2 is 1.95 bits per heavy atom. The Balaban J connectivity index is 3.66. The first-order chi connectivity index (χ1) is 9.81. The summed E-state index contributed by atoms with van der Waals surface area (Å²) in [6.45, 7) is 2.60. The van der Waals surface area contributed by atoms with Crippen LogP contribution in [0.1, 0.15) is 25.0 Å². The van der Waals surface area contributed by atoms with E-state index in [0.717, 1.165) is 6.92 Å². The molecular formula is C14H14ClNO5. The molecule has 0 atom stereocenters. The molecule has 0 bridgehead atoms. The Morgan fingerprint density at radius 1 is 1.33 bits per heavy atom. The molecule has 1 rings (SSSR count). The van der Waals surface area contributed by atoms with Crippen LogP contribution in [0.5, 0.6) is 0 Å². The van der Waals surface area contributed by atoms with Gasteiger partial charge in [0.15, 0.2) is 5.78 Å². The third-order valence-corrected chi connectivity index (χ3v) is 3.23. The Bertz CT molecular complexity index is 620. The number of carboxylic acid groups (broad SMARTS) is 1. The van der Waals surface area contributed by atoms with Crippen molar-refractivity contribution in [2.24, 2.45) is 0 Å². The number of alkyl halides is 1. The van der Waals surface area contributed by atoms with Gasteiger partial charge in [-0.3, -0.25) is 14.9 Å². The molecule has 0 saturated carbocycles. The van der Waals surface area contributed by atoms with Crippen LogP contribution in [-0.4, -0.2) is 27.7 Å². The highest BCUT2D eigenvalue weighted by Crippen LogP contribution is 2.30. The van der Waals surface area contributed by atoms with Crippen molar-refractivity contribution in [1.29, 1.82) is 0 Å². The first-order valence-corrected chi connectivity index (χ1v) is 6.62. The van der Waals surface area contributed by atoms with Crippen molar-refractivity contribution in [1.82, 2.24) is 0 Å². The van der Waals surface area contributed by atoms with Crippen LogP contribution in [0.3, 0.4) is 0 Å². The molecule has 0 unspecified atom stereocenters. The number of halogens is 1. The normalized spacial score (nSPS) is 11.8. The molecule has 0 spiro atoms. The van der Waals surface area contributed by atoms with Crippen molar-refractivity contribution in [3.05, 3.63) is 45.0 Å². The summed E-state index contributed by atoms with van der Waals surface area (Å²) in [7, 11) is 0. The van der Waals surface area contributed by atoms with Crippen molar-refractivity contribution in [2.45, 2.75) is 20.3 Å². The number of nitro groups is 1. The molecule has 0 aliphatic carbocycles. The molecule has 6 nitrogen and oxygen atoms in total. The first-order valence-electron chi connectivity index (χ1n) is 6.09. The molecule has 7 heteroatoms. The van der Waals surface area contributed by atoms with Gasteiger partial charge in [0.25, 0.3) is 5.69 Å². The molecule has 0 aliphatic rings. The Labute approximate surface area is 126 Å². The number of aliphatic carboxylic acids is 1. The molecule has 0 fully saturated rings. The molecule has 0 heterocycles. The number of rotatable bonds is 6. The number of benzene rings is 1. The van der Waals surface area contributed by atoms with Gasteiger partial charge in [0.05, 0.1) is 4.92 Å². The second kappa shape index (κ2) is 6.99. The average Bonchev–Trinajstić information content (AvgIpc) is 2.37. The number of hydrogen-bond acceptors (Lipinski definition) is 4. The number of nitrogens with zero attached hydrogens (tertiary/aromatic N) is 1. The monoisotopic (exact) mass is 311 g/mol. The van der Waals surface area contributed by atoms with E-state index in [2.05, 4.69) is 0 Å². The zero-order valence-corrected chi connectivity index (χ0v) is 12.3. The van der Waals surface area contributed by atoms with Gasteiger partial charge in [-0.25, -0.2) is 4.79 Å². The third kappa shape index (κ3) is 3.66. The summed E-state index contributed by atoms with van der Waals surface area (Å²) in [6.07, 6.45) is 0.205. The van der Waals surface area contributed by atoms with Crippen molar-refractivity contribution >= 4 is 34.6 Å². The van der Waals surface area contributed by atoms with Crippen LogP contribution < -0.4 is 0 Å². The molecule has 1 N–H and O–H groups in total. The van der Waals surface area contributed by atoms with Crippen molar-refractivity contribution in [3.8, 4) is 0 Å². The largest absolute Gasteiger partial charge is 0.478 e. The van der Waals surface area contributed by atoms with Gasteiger partial charge < -0.3 is 5.11 Å². The van der Waals surface area contributed by atoms with Crippen LogP contribution in [0, 0.1) is 10.1 Å². The lowest BCUT2D eigenvalue weighted by Gasteiger charge is -2.11. The Morgan fingerprint density at radius 3 is 2.38 bits per heavy atom. The maximum absolute atomic E-state index is 11.5. The topological polar surface area (TPSA) is 97.5 Å². The first kappa shape index (κ1) is 16.8. The number of allylic oxidation sites excluding steroid dienone is 1. The minimum Gasteiger partial charge on any atom is -0.478 e. The van der Waals surface area contributed by atoms with E-state index in [1.807, 2.05) is 0 Å². The zero-order chi connectivity index (χ0) is 16.2. The van der Waals surface area contributed by atoms with Crippen LogP contribution >= 0.6 is 11.6 Å². The summed E-state index contributed by atoms with van der Waals surface area (Å²) in [5.41, 5.74) is 0.360. The molecule has 1 aromatic rings. The molecule has 0 aliphatic heterocycles. The number of Topliss-reactive ketones (excluding diaryl/α,β-unsaturated/α-hetero) is 1. The second-order valence-electron chi connectivity index (χ2n) is 4.36. The van der Waals surface area contributed by atoms with Crippen LogP contribution in [0.25, 0.3) is 5.57 Å². The van der Waals surface area contributed by atoms with Crippen LogP contribution in [0.15, 0.2) is 23.8 Å². The summed E-state index contributed by atoms with van der Waals surface area (Å²) < 4.78 is 0. The van der Waals surface area contributed by atoms with E-state index in [9.17, 15) is 19.7 Å². The van der Waals surface area contributed by atoms with Crippen molar-refractivity contribution < 1.29 is 19.6 Å². The average molecular weight is 312 g/mol. The van der Waals surface area contributed by atoms with Crippen molar-refractivity contribution in [3.63, 3.8) is 0 Å². The Hall–Kier alpha value is -2.21. The molecule has 0 radical (unpaired) electrons. The molecule has 0 saturated heterocycles. The standard InChI is InChI=1S/C14H14ClNO5/c1-8(13(9(2)17)14(18)19)10-4-3-5-12(16(20)21)11(10)6-7-15/h3-5H,6-7H2,1-2H3,(H,18,19). The van der Waals surface area contributed by atoms with E-state index < -0.39 is 16.7 Å². The molecule has 0 amide bonds. The van der Waals surface area contributed by atoms with E-state index in [1.54, 1.807) is 6.07 Å². The number of nitro benzene ring substituents is 1. The summed E-state index contributed by atoms with van der Waals surface area (Å²) in [6, 6.07) is 4.33. The summed E-state index contributed by atoms with van der Waals surface area (Å²) in [5.74, 6) is -1.82. The quantitative estimate of drug-likeness (QED) is 0.217. The van der Waals surface area contributed by atoms with Gasteiger partial charge in [0.2, 0.25) is 0 Å². The minimum absolute atomic E-state index is 0.138. The fourth-order valence-electron chi connectivity index (χ4n) is 2.16. The second-order valence-corrected chi connectivity index (χ2v) is 4.74. The molecule has 21 heavy (non-hydrogen) atoms. The molecule has 1 aromatic carbocycles. The number of ketones is 1. The van der Waals surface area contributed by atoms with E-state index in [-0.39, 0.29) is 29.1 Å². The summed E-state index contributed by atoms with van der Waals surface area (Å²) >= 11 is 5.67. The maximum atomic E-state index is 11.5. The molecular weight excluding hydrogens is 298 g/mol. The fraction of sp³-hybridized carbons (Fsp3) is 0.286.